The second kappa shape index (κ2) is 6.65. The average Bonchev–Trinajstić information content (AvgIpc) is 3.31. The lowest BCUT2D eigenvalue weighted by atomic mass is 10.2. The number of halogens is 1. The van der Waals surface area contributed by atoms with E-state index in [0.29, 0.717) is 19.1 Å². The number of benzene rings is 1. The smallest absolute Gasteiger partial charge is 0.209 e. The Labute approximate surface area is 140 Å². The second-order valence-electron chi connectivity index (χ2n) is 6.18. The van der Waals surface area contributed by atoms with Gasteiger partial charge in [0.25, 0.3) is 0 Å². The minimum absolute atomic E-state index is 0.145. The van der Waals surface area contributed by atoms with Gasteiger partial charge in [0.1, 0.15) is 11.9 Å². The summed E-state index contributed by atoms with van der Waals surface area (Å²) in [6.07, 6.45) is 9.23. The second-order valence-corrected chi connectivity index (χ2v) is 6.18. The van der Waals surface area contributed by atoms with E-state index in [2.05, 4.69) is 21.7 Å². The molecule has 2 aliphatic rings. The van der Waals surface area contributed by atoms with Crippen molar-refractivity contribution in [2.45, 2.75) is 31.5 Å². The normalized spacial score (nSPS) is 19.0. The number of imidazole rings is 1. The van der Waals surface area contributed by atoms with Crippen molar-refractivity contribution in [3.05, 3.63) is 36.5 Å². The van der Waals surface area contributed by atoms with Crippen LogP contribution in [0.5, 0.6) is 5.75 Å². The molecule has 1 fully saturated rings. The van der Waals surface area contributed by atoms with Crippen molar-refractivity contribution in [3.8, 4) is 17.0 Å². The molecule has 1 aliphatic carbocycles. The monoisotopic (exact) mass is 328 g/mol. The molecule has 1 aromatic carbocycles. The number of alkyl halides is 1. The van der Waals surface area contributed by atoms with E-state index in [1.165, 1.54) is 12.8 Å². The van der Waals surface area contributed by atoms with Crippen LogP contribution in [0.1, 0.15) is 19.3 Å². The molecule has 1 aliphatic heterocycles. The van der Waals surface area contributed by atoms with Crippen molar-refractivity contribution >= 4 is 12.1 Å². The SMILES string of the molecule is FCCCOc1ccc(-c2cn3c(n2)NC(NC2CC2)C=C3)cc1. The van der Waals surface area contributed by atoms with Crippen LogP contribution in [-0.4, -0.2) is 35.0 Å². The van der Waals surface area contributed by atoms with Gasteiger partial charge in [-0.25, -0.2) is 4.98 Å². The molecule has 0 amide bonds. The number of aromatic nitrogens is 2. The van der Waals surface area contributed by atoms with Crippen LogP contribution < -0.4 is 15.4 Å². The van der Waals surface area contributed by atoms with Gasteiger partial charge in [0.2, 0.25) is 5.95 Å². The van der Waals surface area contributed by atoms with Crippen molar-refractivity contribution in [2.75, 3.05) is 18.6 Å². The molecule has 5 nitrogen and oxygen atoms in total. The largest absolute Gasteiger partial charge is 0.493 e. The summed E-state index contributed by atoms with van der Waals surface area (Å²) in [6, 6.07) is 8.38. The van der Waals surface area contributed by atoms with E-state index >= 15 is 0 Å². The van der Waals surface area contributed by atoms with E-state index in [1.807, 2.05) is 41.2 Å². The number of nitrogens with one attached hydrogen (secondary N) is 2. The van der Waals surface area contributed by atoms with Gasteiger partial charge >= 0.3 is 0 Å². The molecule has 1 unspecified atom stereocenters. The summed E-state index contributed by atoms with van der Waals surface area (Å²) in [5.41, 5.74) is 1.93. The summed E-state index contributed by atoms with van der Waals surface area (Å²) in [5.74, 6) is 1.59. The molecule has 2 aromatic rings. The third kappa shape index (κ3) is 3.43. The fourth-order valence-corrected chi connectivity index (χ4v) is 2.69. The number of nitrogens with zero attached hydrogens (tertiary/aromatic N) is 2. The summed E-state index contributed by atoms with van der Waals surface area (Å²) in [4.78, 5) is 4.67. The van der Waals surface area contributed by atoms with E-state index in [-0.39, 0.29) is 12.8 Å². The predicted molar refractivity (Wildman–Crippen MR) is 92.6 cm³/mol. The molecule has 6 heteroatoms. The van der Waals surface area contributed by atoms with E-state index in [4.69, 9.17) is 4.74 Å². The first-order valence-electron chi connectivity index (χ1n) is 8.41. The van der Waals surface area contributed by atoms with Crippen LogP contribution in [0.2, 0.25) is 0 Å². The van der Waals surface area contributed by atoms with Crippen LogP contribution in [0.25, 0.3) is 17.5 Å². The summed E-state index contributed by atoms with van der Waals surface area (Å²) in [7, 11) is 0. The molecule has 1 atom stereocenters. The number of fused-ring (bicyclic) bond motifs is 1. The Morgan fingerprint density at radius 3 is 2.88 bits per heavy atom. The maximum absolute atomic E-state index is 12.1. The van der Waals surface area contributed by atoms with Gasteiger partial charge in [0.05, 0.1) is 19.0 Å². The van der Waals surface area contributed by atoms with Crippen LogP contribution in [0.3, 0.4) is 0 Å². The molecule has 126 valence electrons. The van der Waals surface area contributed by atoms with Crippen molar-refractivity contribution in [1.29, 1.82) is 0 Å². The molecule has 0 radical (unpaired) electrons. The molecule has 0 spiro atoms. The zero-order valence-electron chi connectivity index (χ0n) is 13.4. The topological polar surface area (TPSA) is 51.1 Å². The van der Waals surface area contributed by atoms with Crippen molar-refractivity contribution in [1.82, 2.24) is 14.9 Å². The van der Waals surface area contributed by atoms with Crippen LogP contribution in [-0.2, 0) is 0 Å². The zero-order valence-corrected chi connectivity index (χ0v) is 13.4. The van der Waals surface area contributed by atoms with E-state index in [0.717, 1.165) is 23.0 Å². The number of rotatable bonds is 7. The van der Waals surface area contributed by atoms with Gasteiger partial charge in [0, 0.05) is 30.4 Å². The highest BCUT2D eigenvalue weighted by molar-refractivity contribution is 5.64. The van der Waals surface area contributed by atoms with E-state index < -0.39 is 0 Å². The quantitative estimate of drug-likeness (QED) is 0.766. The number of ether oxygens (including phenoxy) is 1. The zero-order chi connectivity index (χ0) is 16.4. The summed E-state index contributed by atoms with van der Waals surface area (Å²) < 4.78 is 19.6. The van der Waals surface area contributed by atoms with Gasteiger partial charge in [-0.1, -0.05) is 0 Å². The number of anilines is 1. The minimum atomic E-state index is -0.352. The Morgan fingerprint density at radius 2 is 2.12 bits per heavy atom. The first kappa shape index (κ1) is 15.2. The summed E-state index contributed by atoms with van der Waals surface area (Å²) >= 11 is 0. The van der Waals surface area contributed by atoms with Crippen LogP contribution in [0.4, 0.5) is 10.3 Å². The average molecular weight is 328 g/mol. The highest BCUT2D eigenvalue weighted by atomic mass is 19.1. The van der Waals surface area contributed by atoms with Gasteiger partial charge in [0.15, 0.2) is 0 Å². The number of hydrogen-bond donors (Lipinski definition) is 2. The Morgan fingerprint density at radius 1 is 1.29 bits per heavy atom. The van der Waals surface area contributed by atoms with Gasteiger partial charge in [-0.05, 0) is 43.2 Å². The van der Waals surface area contributed by atoms with Crippen LogP contribution in [0, 0.1) is 0 Å². The molecule has 0 bridgehead atoms. The maximum atomic E-state index is 12.1. The molecule has 0 saturated heterocycles. The van der Waals surface area contributed by atoms with Gasteiger partial charge in [-0.3, -0.25) is 14.3 Å². The lowest BCUT2D eigenvalue weighted by molar-refractivity contribution is 0.289. The third-order valence-corrected chi connectivity index (χ3v) is 4.15. The first-order valence-corrected chi connectivity index (χ1v) is 8.41. The highest BCUT2D eigenvalue weighted by Gasteiger charge is 2.25. The van der Waals surface area contributed by atoms with E-state index in [1.54, 1.807) is 0 Å². The molecule has 1 aromatic heterocycles. The standard InChI is InChI=1S/C18H21FN4O/c19-9-1-11-24-15-6-2-13(3-7-15)16-12-23-10-8-17(20-14-4-5-14)22-18(23)21-16/h2-3,6-8,10,12,14,17,20H,1,4-5,9,11H2,(H,21,22). The molecular formula is C18H21FN4O. The Kier molecular flexibility index (Phi) is 4.21. The Hall–Kier alpha value is -2.34. The van der Waals surface area contributed by atoms with Crippen molar-refractivity contribution in [3.63, 3.8) is 0 Å². The third-order valence-electron chi connectivity index (χ3n) is 4.15. The fourth-order valence-electron chi connectivity index (χ4n) is 2.69. The summed E-state index contributed by atoms with van der Waals surface area (Å²) in [6.45, 7) is 0.0497. The molecular weight excluding hydrogens is 307 g/mol. The first-order chi connectivity index (χ1) is 11.8. The minimum Gasteiger partial charge on any atom is -0.493 e. The molecule has 24 heavy (non-hydrogen) atoms. The molecule has 2 N–H and O–H groups in total. The molecule has 2 heterocycles. The summed E-state index contributed by atoms with van der Waals surface area (Å²) in [5, 5.41) is 6.92. The fraction of sp³-hybridized carbons (Fsp3) is 0.389. The van der Waals surface area contributed by atoms with Gasteiger partial charge < -0.3 is 10.1 Å². The van der Waals surface area contributed by atoms with Crippen LogP contribution >= 0.6 is 0 Å². The number of hydrogen-bond acceptors (Lipinski definition) is 4. The highest BCUT2D eigenvalue weighted by Crippen LogP contribution is 2.26. The lowest BCUT2D eigenvalue weighted by Gasteiger charge is -2.20. The van der Waals surface area contributed by atoms with Crippen molar-refractivity contribution < 1.29 is 9.13 Å². The lowest BCUT2D eigenvalue weighted by Crippen LogP contribution is -2.38. The predicted octanol–water partition coefficient (Wildman–Crippen LogP) is 3.26. The van der Waals surface area contributed by atoms with Gasteiger partial charge in [-0.2, -0.15) is 0 Å². The van der Waals surface area contributed by atoms with Crippen molar-refractivity contribution in [2.24, 2.45) is 0 Å². The molecule has 1 saturated carbocycles. The Balaban J connectivity index is 1.44. The maximum Gasteiger partial charge on any atom is 0.209 e. The van der Waals surface area contributed by atoms with Gasteiger partial charge in [-0.15, -0.1) is 0 Å². The van der Waals surface area contributed by atoms with Crippen LogP contribution in [0.15, 0.2) is 36.5 Å². The Bertz CT molecular complexity index is 721. The van der Waals surface area contributed by atoms with E-state index in [9.17, 15) is 4.39 Å². The molecule has 4 rings (SSSR count).